The normalized spacial score (nSPS) is 9.71. The standard InChI is InChI=1S/C12H9NO/c1-3-10-5-4-9-8-11(14-2)6-7-12(9)13-10/h1,4-8H,2H3. The topological polar surface area (TPSA) is 22.1 Å². The quantitative estimate of drug-likeness (QED) is 0.632. The first-order valence-electron chi connectivity index (χ1n) is 4.25. The molecule has 1 aromatic heterocycles. The number of benzene rings is 1. The zero-order chi connectivity index (χ0) is 9.97. The third-order valence-corrected chi connectivity index (χ3v) is 2.04. The predicted octanol–water partition coefficient (Wildman–Crippen LogP) is 2.22. The maximum Gasteiger partial charge on any atom is 0.119 e. The molecule has 14 heavy (non-hydrogen) atoms. The van der Waals surface area contributed by atoms with Gasteiger partial charge < -0.3 is 4.74 Å². The molecular formula is C12H9NO. The van der Waals surface area contributed by atoms with Crippen molar-refractivity contribution >= 4 is 10.9 Å². The summed E-state index contributed by atoms with van der Waals surface area (Å²) < 4.78 is 5.11. The first-order chi connectivity index (χ1) is 6.83. The molecule has 0 aliphatic heterocycles. The van der Waals surface area contributed by atoms with Crippen LogP contribution in [0.25, 0.3) is 10.9 Å². The lowest BCUT2D eigenvalue weighted by molar-refractivity contribution is 0.415. The van der Waals surface area contributed by atoms with Crippen LogP contribution in [-0.2, 0) is 0 Å². The first kappa shape index (κ1) is 8.58. The zero-order valence-corrected chi connectivity index (χ0v) is 7.82. The van der Waals surface area contributed by atoms with Crippen molar-refractivity contribution in [2.24, 2.45) is 0 Å². The van der Waals surface area contributed by atoms with Gasteiger partial charge in [0.15, 0.2) is 0 Å². The Morgan fingerprint density at radius 1 is 1.29 bits per heavy atom. The van der Waals surface area contributed by atoms with Crippen molar-refractivity contribution in [2.75, 3.05) is 7.11 Å². The molecule has 0 atom stereocenters. The smallest absolute Gasteiger partial charge is 0.119 e. The number of terminal acetylenes is 1. The molecular weight excluding hydrogens is 174 g/mol. The second-order valence-corrected chi connectivity index (χ2v) is 2.90. The van der Waals surface area contributed by atoms with E-state index in [1.54, 1.807) is 7.11 Å². The maximum atomic E-state index is 5.26. The minimum absolute atomic E-state index is 0.655. The molecule has 1 aromatic carbocycles. The van der Waals surface area contributed by atoms with Crippen LogP contribution in [0.4, 0.5) is 0 Å². The molecule has 0 saturated carbocycles. The molecule has 0 fully saturated rings. The Labute approximate surface area is 82.5 Å². The third kappa shape index (κ3) is 1.40. The Hall–Kier alpha value is -2.01. The van der Waals surface area contributed by atoms with Gasteiger partial charge in [-0.15, -0.1) is 6.42 Å². The van der Waals surface area contributed by atoms with E-state index >= 15 is 0 Å². The van der Waals surface area contributed by atoms with Crippen LogP contribution >= 0.6 is 0 Å². The molecule has 0 amide bonds. The van der Waals surface area contributed by atoms with Gasteiger partial charge in [0.25, 0.3) is 0 Å². The van der Waals surface area contributed by atoms with E-state index < -0.39 is 0 Å². The van der Waals surface area contributed by atoms with Gasteiger partial charge in [0, 0.05) is 5.39 Å². The Kier molecular flexibility index (Phi) is 2.08. The van der Waals surface area contributed by atoms with Gasteiger partial charge in [-0.05, 0) is 30.3 Å². The highest BCUT2D eigenvalue weighted by Gasteiger charge is 1.97. The summed E-state index contributed by atoms with van der Waals surface area (Å²) in [5.74, 6) is 3.33. The van der Waals surface area contributed by atoms with E-state index in [2.05, 4.69) is 10.9 Å². The lowest BCUT2D eigenvalue weighted by Gasteiger charge is -2.01. The van der Waals surface area contributed by atoms with Crippen molar-refractivity contribution in [1.29, 1.82) is 0 Å². The van der Waals surface area contributed by atoms with Gasteiger partial charge in [-0.25, -0.2) is 4.98 Å². The summed E-state index contributed by atoms with van der Waals surface area (Å²) in [6.45, 7) is 0. The van der Waals surface area contributed by atoms with E-state index in [4.69, 9.17) is 11.2 Å². The highest BCUT2D eigenvalue weighted by atomic mass is 16.5. The fourth-order valence-corrected chi connectivity index (χ4v) is 1.31. The van der Waals surface area contributed by atoms with Crippen LogP contribution in [0.5, 0.6) is 5.75 Å². The summed E-state index contributed by atoms with van der Waals surface area (Å²) in [5.41, 5.74) is 1.55. The molecule has 68 valence electrons. The number of nitrogens with zero attached hydrogens (tertiary/aromatic N) is 1. The molecule has 0 spiro atoms. The molecule has 0 N–H and O–H groups in total. The number of hydrogen-bond donors (Lipinski definition) is 0. The van der Waals surface area contributed by atoms with Crippen molar-refractivity contribution in [3.63, 3.8) is 0 Å². The van der Waals surface area contributed by atoms with Crippen LogP contribution in [0.2, 0.25) is 0 Å². The van der Waals surface area contributed by atoms with Crippen molar-refractivity contribution in [1.82, 2.24) is 4.98 Å². The van der Waals surface area contributed by atoms with Crippen LogP contribution in [0.1, 0.15) is 5.69 Å². The van der Waals surface area contributed by atoms with Gasteiger partial charge in [-0.2, -0.15) is 0 Å². The lowest BCUT2D eigenvalue weighted by Crippen LogP contribution is -1.86. The summed E-state index contributed by atoms with van der Waals surface area (Å²) in [6, 6.07) is 9.47. The second kappa shape index (κ2) is 3.39. The van der Waals surface area contributed by atoms with E-state index in [-0.39, 0.29) is 0 Å². The highest BCUT2D eigenvalue weighted by Crippen LogP contribution is 2.19. The van der Waals surface area contributed by atoms with Crippen LogP contribution in [0, 0.1) is 12.3 Å². The van der Waals surface area contributed by atoms with Gasteiger partial charge in [0.05, 0.1) is 12.6 Å². The van der Waals surface area contributed by atoms with Gasteiger partial charge >= 0.3 is 0 Å². The first-order valence-corrected chi connectivity index (χ1v) is 4.25. The molecule has 0 radical (unpaired) electrons. The van der Waals surface area contributed by atoms with Crippen LogP contribution in [0.15, 0.2) is 30.3 Å². The lowest BCUT2D eigenvalue weighted by atomic mass is 10.2. The second-order valence-electron chi connectivity index (χ2n) is 2.90. The Balaban J connectivity index is 2.64. The summed E-state index contributed by atoms with van der Waals surface area (Å²) in [7, 11) is 1.64. The van der Waals surface area contributed by atoms with Crippen LogP contribution < -0.4 is 4.74 Å². The molecule has 2 aromatic rings. The number of pyridine rings is 1. The molecule has 0 aliphatic rings. The summed E-state index contributed by atoms with van der Waals surface area (Å²) >= 11 is 0. The minimum atomic E-state index is 0.655. The molecule has 0 saturated heterocycles. The number of ether oxygens (including phenoxy) is 1. The van der Waals surface area contributed by atoms with Gasteiger partial charge in [0.1, 0.15) is 11.4 Å². The third-order valence-electron chi connectivity index (χ3n) is 2.04. The van der Waals surface area contributed by atoms with E-state index in [1.165, 1.54) is 0 Å². The van der Waals surface area contributed by atoms with Crippen molar-refractivity contribution in [3.05, 3.63) is 36.0 Å². The molecule has 2 rings (SSSR count). The Morgan fingerprint density at radius 2 is 2.14 bits per heavy atom. The molecule has 1 heterocycles. The van der Waals surface area contributed by atoms with Crippen LogP contribution in [0.3, 0.4) is 0 Å². The average molecular weight is 183 g/mol. The van der Waals surface area contributed by atoms with Gasteiger partial charge in [-0.3, -0.25) is 0 Å². The number of rotatable bonds is 1. The SMILES string of the molecule is C#Cc1ccc2cc(OC)ccc2n1. The number of aromatic nitrogens is 1. The van der Waals surface area contributed by atoms with E-state index in [0.717, 1.165) is 16.7 Å². The largest absolute Gasteiger partial charge is 0.497 e. The molecule has 0 aliphatic carbocycles. The summed E-state index contributed by atoms with van der Waals surface area (Å²) in [5, 5.41) is 1.03. The fourth-order valence-electron chi connectivity index (χ4n) is 1.31. The van der Waals surface area contributed by atoms with Crippen molar-refractivity contribution in [3.8, 4) is 18.1 Å². The van der Waals surface area contributed by atoms with Gasteiger partial charge in [0.2, 0.25) is 0 Å². The van der Waals surface area contributed by atoms with E-state index in [1.807, 2.05) is 30.3 Å². The molecule has 2 heteroatoms. The highest BCUT2D eigenvalue weighted by molar-refractivity contribution is 5.80. The number of hydrogen-bond acceptors (Lipinski definition) is 2. The van der Waals surface area contributed by atoms with E-state index in [0.29, 0.717) is 5.69 Å². The Bertz CT molecular complexity index is 511. The minimum Gasteiger partial charge on any atom is -0.497 e. The number of fused-ring (bicyclic) bond motifs is 1. The molecule has 0 bridgehead atoms. The van der Waals surface area contributed by atoms with Crippen molar-refractivity contribution in [2.45, 2.75) is 0 Å². The van der Waals surface area contributed by atoms with Crippen molar-refractivity contribution < 1.29 is 4.74 Å². The fraction of sp³-hybridized carbons (Fsp3) is 0.0833. The summed E-state index contributed by atoms with van der Waals surface area (Å²) in [4.78, 5) is 4.28. The van der Waals surface area contributed by atoms with Crippen LogP contribution in [-0.4, -0.2) is 12.1 Å². The number of methoxy groups -OCH3 is 1. The summed E-state index contributed by atoms with van der Waals surface area (Å²) in [6.07, 6.45) is 5.26. The molecule has 2 nitrogen and oxygen atoms in total. The van der Waals surface area contributed by atoms with Gasteiger partial charge in [-0.1, -0.05) is 5.92 Å². The maximum absolute atomic E-state index is 5.26. The zero-order valence-electron chi connectivity index (χ0n) is 7.82. The average Bonchev–Trinajstić information content (AvgIpc) is 2.27. The van der Waals surface area contributed by atoms with E-state index in [9.17, 15) is 0 Å². The monoisotopic (exact) mass is 183 g/mol. The molecule has 0 unspecified atom stereocenters. The predicted molar refractivity (Wildman–Crippen MR) is 56.2 cm³/mol. The Morgan fingerprint density at radius 3 is 2.86 bits per heavy atom.